The summed E-state index contributed by atoms with van der Waals surface area (Å²) in [6, 6.07) is 22.2. The van der Waals surface area contributed by atoms with Gasteiger partial charge in [-0.3, -0.25) is 9.10 Å². The Balaban J connectivity index is 1.74. The normalized spacial score (nSPS) is 12.0. The summed E-state index contributed by atoms with van der Waals surface area (Å²) in [6.07, 6.45) is 1.07. The van der Waals surface area contributed by atoms with Crippen LogP contribution < -0.4 is 19.1 Å². The zero-order valence-electron chi connectivity index (χ0n) is 18.2. The average Bonchev–Trinajstić information content (AvgIpc) is 2.78. The first kappa shape index (κ1) is 23.1. The molecule has 0 aliphatic rings. The highest BCUT2D eigenvalue weighted by molar-refractivity contribution is 7.92. The van der Waals surface area contributed by atoms with Crippen molar-refractivity contribution in [3.05, 3.63) is 84.4 Å². The molecule has 3 aromatic rings. The Morgan fingerprint density at radius 2 is 1.53 bits per heavy atom. The van der Waals surface area contributed by atoms with Crippen LogP contribution in [0.15, 0.2) is 78.9 Å². The second-order valence-electron chi connectivity index (χ2n) is 7.17. The SMILES string of the molecule is COc1ccccc1CNC(=O)C(C)N(c1ccc(Oc2ccccc2)cc1)S(C)(=O)=O. The van der Waals surface area contributed by atoms with Gasteiger partial charge in [0.1, 0.15) is 23.3 Å². The number of anilines is 1. The number of para-hydroxylation sites is 2. The monoisotopic (exact) mass is 454 g/mol. The van der Waals surface area contributed by atoms with Gasteiger partial charge in [-0.25, -0.2) is 8.42 Å². The zero-order chi connectivity index (χ0) is 23.1. The van der Waals surface area contributed by atoms with Crippen molar-refractivity contribution in [1.82, 2.24) is 5.32 Å². The second-order valence-corrected chi connectivity index (χ2v) is 9.03. The number of ether oxygens (including phenoxy) is 2. The van der Waals surface area contributed by atoms with E-state index in [1.54, 1.807) is 44.4 Å². The summed E-state index contributed by atoms with van der Waals surface area (Å²) in [6.45, 7) is 1.77. The maximum Gasteiger partial charge on any atom is 0.243 e. The Hall–Kier alpha value is -3.52. The first-order valence-corrected chi connectivity index (χ1v) is 11.9. The Labute approximate surface area is 188 Å². The van der Waals surface area contributed by atoms with E-state index in [0.29, 0.717) is 22.9 Å². The van der Waals surface area contributed by atoms with Crippen LogP contribution in [0.5, 0.6) is 17.2 Å². The number of hydrogen-bond acceptors (Lipinski definition) is 5. The first-order chi connectivity index (χ1) is 15.3. The Kier molecular flexibility index (Phi) is 7.37. The van der Waals surface area contributed by atoms with Crippen LogP contribution in [0.1, 0.15) is 12.5 Å². The molecule has 1 unspecified atom stereocenters. The molecular weight excluding hydrogens is 428 g/mol. The molecular formula is C24H26N2O5S. The maximum atomic E-state index is 12.8. The van der Waals surface area contributed by atoms with Gasteiger partial charge in [0, 0.05) is 12.1 Å². The van der Waals surface area contributed by atoms with E-state index in [9.17, 15) is 13.2 Å². The minimum absolute atomic E-state index is 0.217. The van der Waals surface area contributed by atoms with Crippen LogP contribution in [-0.2, 0) is 21.4 Å². The third-order valence-electron chi connectivity index (χ3n) is 4.80. The van der Waals surface area contributed by atoms with Crippen molar-refractivity contribution in [1.29, 1.82) is 0 Å². The molecule has 0 aromatic heterocycles. The summed E-state index contributed by atoms with van der Waals surface area (Å²) in [5.74, 6) is 1.45. The minimum Gasteiger partial charge on any atom is -0.496 e. The molecule has 168 valence electrons. The topological polar surface area (TPSA) is 84.9 Å². The lowest BCUT2D eigenvalue weighted by Crippen LogP contribution is -2.47. The molecule has 0 saturated heterocycles. The van der Waals surface area contributed by atoms with Crippen LogP contribution in [-0.4, -0.2) is 33.7 Å². The summed E-state index contributed by atoms with van der Waals surface area (Å²) in [4.78, 5) is 12.8. The van der Waals surface area contributed by atoms with Gasteiger partial charge in [0.15, 0.2) is 0 Å². The molecule has 7 nitrogen and oxygen atoms in total. The summed E-state index contributed by atoms with van der Waals surface area (Å²) in [5.41, 5.74) is 1.16. The largest absolute Gasteiger partial charge is 0.496 e. The molecule has 0 radical (unpaired) electrons. The van der Waals surface area contributed by atoms with Crippen LogP contribution in [0.2, 0.25) is 0 Å². The van der Waals surface area contributed by atoms with Crippen molar-refractivity contribution >= 4 is 21.6 Å². The number of methoxy groups -OCH3 is 1. The lowest BCUT2D eigenvalue weighted by molar-refractivity contribution is -0.122. The van der Waals surface area contributed by atoms with Crippen LogP contribution in [0.4, 0.5) is 5.69 Å². The van der Waals surface area contributed by atoms with Gasteiger partial charge in [-0.05, 0) is 49.4 Å². The van der Waals surface area contributed by atoms with Gasteiger partial charge < -0.3 is 14.8 Å². The summed E-state index contributed by atoms with van der Waals surface area (Å²) >= 11 is 0. The molecule has 0 aliphatic heterocycles. The Morgan fingerprint density at radius 3 is 2.16 bits per heavy atom. The van der Waals surface area contributed by atoms with Gasteiger partial charge in [0.25, 0.3) is 0 Å². The third-order valence-corrected chi connectivity index (χ3v) is 6.05. The van der Waals surface area contributed by atoms with Crippen molar-refractivity contribution in [2.24, 2.45) is 0 Å². The molecule has 3 rings (SSSR count). The fraction of sp³-hybridized carbons (Fsp3) is 0.208. The van der Waals surface area contributed by atoms with Gasteiger partial charge in [0.05, 0.1) is 19.1 Å². The van der Waals surface area contributed by atoms with E-state index in [1.165, 1.54) is 0 Å². The van der Waals surface area contributed by atoms with E-state index >= 15 is 0 Å². The molecule has 8 heteroatoms. The van der Waals surface area contributed by atoms with Crippen molar-refractivity contribution in [2.75, 3.05) is 17.7 Å². The molecule has 0 heterocycles. The third kappa shape index (κ3) is 5.79. The number of rotatable bonds is 9. The highest BCUT2D eigenvalue weighted by Gasteiger charge is 2.29. The standard InChI is InChI=1S/C24H26N2O5S/c1-18(24(27)25-17-19-9-7-8-12-23(19)30-2)26(32(3,28)29)20-13-15-22(16-14-20)31-21-10-5-4-6-11-21/h4-16,18H,17H2,1-3H3,(H,25,27). The van der Waals surface area contributed by atoms with E-state index in [4.69, 9.17) is 9.47 Å². The highest BCUT2D eigenvalue weighted by Crippen LogP contribution is 2.27. The van der Waals surface area contributed by atoms with E-state index in [0.717, 1.165) is 16.1 Å². The Morgan fingerprint density at radius 1 is 0.938 bits per heavy atom. The molecule has 1 N–H and O–H groups in total. The van der Waals surface area contributed by atoms with Crippen LogP contribution in [0.3, 0.4) is 0 Å². The summed E-state index contributed by atoms with van der Waals surface area (Å²) < 4.78 is 37.2. The van der Waals surface area contributed by atoms with Crippen molar-refractivity contribution in [2.45, 2.75) is 19.5 Å². The van der Waals surface area contributed by atoms with Gasteiger partial charge in [-0.1, -0.05) is 36.4 Å². The Bertz CT molecular complexity index is 1150. The number of carbonyl (C=O) groups is 1. The van der Waals surface area contributed by atoms with E-state index < -0.39 is 22.0 Å². The van der Waals surface area contributed by atoms with Gasteiger partial charge in [0.2, 0.25) is 15.9 Å². The molecule has 3 aromatic carbocycles. The molecule has 1 amide bonds. The predicted molar refractivity (Wildman–Crippen MR) is 125 cm³/mol. The molecule has 0 spiro atoms. The molecule has 0 fully saturated rings. The molecule has 1 atom stereocenters. The lowest BCUT2D eigenvalue weighted by atomic mass is 10.2. The molecule has 0 aliphatic carbocycles. The molecule has 32 heavy (non-hydrogen) atoms. The second kappa shape index (κ2) is 10.2. The predicted octanol–water partition coefficient (Wildman–Crippen LogP) is 3.96. The fourth-order valence-corrected chi connectivity index (χ4v) is 4.45. The summed E-state index contributed by atoms with van der Waals surface area (Å²) in [5, 5.41) is 2.79. The summed E-state index contributed by atoms with van der Waals surface area (Å²) in [7, 11) is -2.17. The van der Waals surface area contributed by atoms with Crippen molar-refractivity contribution < 1.29 is 22.7 Å². The number of sulfonamides is 1. The van der Waals surface area contributed by atoms with Crippen LogP contribution >= 0.6 is 0 Å². The van der Waals surface area contributed by atoms with Gasteiger partial charge in [-0.2, -0.15) is 0 Å². The quantitative estimate of drug-likeness (QED) is 0.529. The van der Waals surface area contributed by atoms with Crippen LogP contribution in [0.25, 0.3) is 0 Å². The average molecular weight is 455 g/mol. The molecule has 0 bridgehead atoms. The number of nitrogens with zero attached hydrogens (tertiary/aromatic N) is 1. The smallest absolute Gasteiger partial charge is 0.243 e. The number of carbonyl (C=O) groups excluding carboxylic acids is 1. The molecule has 0 saturated carbocycles. The van der Waals surface area contributed by atoms with Crippen LogP contribution in [0, 0.1) is 0 Å². The zero-order valence-corrected chi connectivity index (χ0v) is 19.0. The number of hydrogen-bond donors (Lipinski definition) is 1. The first-order valence-electron chi connectivity index (χ1n) is 10.0. The van der Waals surface area contributed by atoms with Crippen molar-refractivity contribution in [3.8, 4) is 17.2 Å². The van der Waals surface area contributed by atoms with Gasteiger partial charge in [-0.15, -0.1) is 0 Å². The van der Waals surface area contributed by atoms with E-state index in [-0.39, 0.29) is 6.54 Å². The lowest BCUT2D eigenvalue weighted by Gasteiger charge is -2.28. The number of benzene rings is 3. The van der Waals surface area contributed by atoms with Gasteiger partial charge >= 0.3 is 0 Å². The number of nitrogens with one attached hydrogen (secondary N) is 1. The van der Waals surface area contributed by atoms with E-state index in [2.05, 4.69) is 5.32 Å². The van der Waals surface area contributed by atoms with E-state index in [1.807, 2.05) is 48.5 Å². The number of amides is 1. The fourth-order valence-electron chi connectivity index (χ4n) is 3.27. The minimum atomic E-state index is -3.72. The highest BCUT2D eigenvalue weighted by atomic mass is 32.2. The van der Waals surface area contributed by atoms with Crippen molar-refractivity contribution in [3.63, 3.8) is 0 Å². The maximum absolute atomic E-state index is 12.8.